The molecule has 0 amide bonds. The minimum absolute atomic E-state index is 0.0436. The van der Waals surface area contributed by atoms with Gasteiger partial charge in [-0.05, 0) is 53.8 Å². The van der Waals surface area contributed by atoms with Gasteiger partial charge in [0.2, 0.25) is 0 Å². The summed E-state index contributed by atoms with van der Waals surface area (Å²) in [5, 5.41) is 10.4. The summed E-state index contributed by atoms with van der Waals surface area (Å²) in [6.07, 6.45) is 7.67. The van der Waals surface area contributed by atoms with Crippen molar-refractivity contribution in [2.45, 2.75) is 72.3 Å². The molecule has 0 aromatic carbocycles. The van der Waals surface area contributed by atoms with Crippen molar-refractivity contribution in [1.29, 1.82) is 0 Å². The van der Waals surface area contributed by atoms with Gasteiger partial charge in [-0.3, -0.25) is 0 Å². The number of aliphatic hydroxyl groups is 1. The Kier molecular flexibility index (Phi) is 1.86. The molecule has 0 aliphatic heterocycles. The van der Waals surface area contributed by atoms with Gasteiger partial charge in [0.1, 0.15) is 0 Å². The van der Waals surface area contributed by atoms with Crippen molar-refractivity contribution in [3.05, 3.63) is 0 Å². The maximum Gasteiger partial charge on any atom is 0.0599 e. The highest BCUT2D eigenvalue weighted by Crippen LogP contribution is 2.78. The third-order valence-electron chi connectivity index (χ3n) is 6.83. The third-order valence-corrected chi connectivity index (χ3v) is 6.83. The van der Waals surface area contributed by atoms with Gasteiger partial charge in [0.05, 0.1) is 6.10 Å². The van der Waals surface area contributed by atoms with Crippen LogP contribution in [0.1, 0.15) is 66.2 Å². The SMILES string of the molecule is CC1(C)CCC[C@@]2(C)C[C@@]3(C)C[C@@]12C[C@H]3O. The predicted molar refractivity (Wildman–Crippen MR) is 66.1 cm³/mol. The van der Waals surface area contributed by atoms with Gasteiger partial charge in [0.25, 0.3) is 0 Å². The van der Waals surface area contributed by atoms with Gasteiger partial charge in [-0.1, -0.05) is 34.1 Å². The van der Waals surface area contributed by atoms with Gasteiger partial charge < -0.3 is 5.11 Å². The summed E-state index contributed by atoms with van der Waals surface area (Å²) in [4.78, 5) is 0. The second kappa shape index (κ2) is 2.68. The number of hydrogen-bond donors (Lipinski definition) is 1. The Morgan fingerprint density at radius 3 is 2.31 bits per heavy atom. The van der Waals surface area contributed by atoms with E-state index in [0.29, 0.717) is 16.2 Å². The van der Waals surface area contributed by atoms with E-state index in [1.165, 1.54) is 32.1 Å². The molecule has 0 heterocycles. The lowest BCUT2D eigenvalue weighted by molar-refractivity contribution is -0.112. The van der Waals surface area contributed by atoms with Crippen LogP contribution >= 0.6 is 0 Å². The molecule has 3 aliphatic rings. The smallest absolute Gasteiger partial charge is 0.0599 e. The lowest BCUT2D eigenvalue weighted by Gasteiger charge is -2.58. The van der Waals surface area contributed by atoms with Crippen molar-refractivity contribution in [3.8, 4) is 0 Å². The first-order valence-electron chi connectivity index (χ1n) is 6.93. The fourth-order valence-electron chi connectivity index (χ4n) is 5.98. The van der Waals surface area contributed by atoms with Gasteiger partial charge in [-0.25, -0.2) is 0 Å². The summed E-state index contributed by atoms with van der Waals surface area (Å²) in [6.45, 7) is 9.74. The summed E-state index contributed by atoms with van der Waals surface area (Å²) in [7, 11) is 0. The van der Waals surface area contributed by atoms with Crippen molar-refractivity contribution in [2.75, 3.05) is 0 Å². The van der Waals surface area contributed by atoms with Crippen LogP contribution in [0.2, 0.25) is 0 Å². The van der Waals surface area contributed by atoms with E-state index >= 15 is 0 Å². The highest BCUT2D eigenvalue weighted by molar-refractivity contribution is 5.21. The summed E-state index contributed by atoms with van der Waals surface area (Å²) in [5.41, 5.74) is 1.57. The van der Waals surface area contributed by atoms with Gasteiger partial charge >= 0.3 is 0 Å². The Morgan fingerprint density at radius 1 is 1.00 bits per heavy atom. The number of aliphatic hydroxyl groups excluding tert-OH is 1. The van der Waals surface area contributed by atoms with E-state index in [4.69, 9.17) is 0 Å². The first-order valence-corrected chi connectivity index (χ1v) is 6.93. The minimum atomic E-state index is -0.0436. The van der Waals surface area contributed by atoms with Crippen molar-refractivity contribution in [2.24, 2.45) is 21.7 Å². The highest BCUT2D eigenvalue weighted by atomic mass is 16.3. The topological polar surface area (TPSA) is 20.2 Å². The van der Waals surface area contributed by atoms with Crippen LogP contribution in [0.3, 0.4) is 0 Å². The van der Waals surface area contributed by atoms with E-state index in [0.717, 1.165) is 6.42 Å². The van der Waals surface area contributed by atoms with Crippen molar-refractivity contribution < 1.29 is 5.11 Å². The van der Waals surface area contributed by atoms with Crippen LogP contribution < -0.4 is 0 Å². The zero-order valence-electron chi connectivity index (χ0n) is 11.3. The molecule has 2 bridgehead atoms. The zero-order valence-corrected chi connectivity index (χ0v) is 11.3. The quantitative estimate of drug-likeness (QED) is 0.662. The van der Waals surface area contributed by atoms with Crippen LogP contribution in [0.15, 0.2) is 0 Å². The van der Waals surface area contributed by atoms with Crippen LogP contribution in [-0.4, -0.2) is 11.2 Å². The number of hydrogen-bond acceptors (Lipinski definition) is 1. The molecule has 0 unspecified atom stereocenters. The van der Waals surface area contributed by atoms with Crippen molar-refractivity contribution in [3.63, 3.8) is 0 Å². The largest absolute Gasteiger partial charge is 0.393 e. The second-order valence-corrected chi connectivity index (χ2v) is 8.11. The van der Waals surface area contributed by atoms with Crippen LogP contribution in [-0.2, 0) is 0 Å². The number of rotatable bonds is 0. The lowest BCUT2D eigenvalue weighted by Crippen LogP contribution is -2.51. The molecule has 3 saturated carbocycles. The monoisotopic (exact) mass is 222 g/mol. The van der Waals surface area contributed by atoms with Crippen LogP contribution in [0, 0.1) is 21.7 Å². The van der Waals surface area contributed by atoms with E-state index in [-0.39, 0.29) is 11.5 Å². The average Bonchev–Trinajstić information content (AvgIpc) is 2.50. The Hall–Kier alpha value is -0.0400. The second-order valence-electron chi connectivity index (χ2n) is 8.11. The van der Waals surface area contributed by atoms with Gasteiger partial charge in [-0.15, -0.1) is 0 Å². The Labute approximate surface area is 99.6 Å². The van der Waals surface area contributed by atoms with Crippen molar-refractivity contribution in [1.82, 2.24) is 0 Å². The summed E-state index contributed by atoms with van der Waals surface area (Å²) < 4.78 is 0. The molecule has 3 rings (SSSR count). The van der Waals surface area contributed by atoms with E-state index in [2.05, 4.69) is 27.7 Å². The summed E-state index contributed by atoms with van der Waals surface area (Å²) in [5.74, 6) is 0. The summed E-state index contributed by atoms with van der Waals surface area (Å²) >= 11 is 0. The molecule has 16 heavy (non-hydrogen) atoms. The molecule has 1 spiro atoms. The van der Waals surface area contributed by atoms with E-state index in [1.807, 2.05) is 0 Å². The van der Waals surface area contributed by atoms with Crippen LogP contribution in [0.25, 0.3) is 0 Å². The molecule has 3 aliphatic carbocycles. The van der Waals surface area contributed by atoms with Gasteiger partial charge in [-0.2, -0.15) is 0 Å². The predicted octanol–water partition coefficient (Wildman–Crippen LogP) is 3.75. The molecule has 3 fully saturated rings. The minimum Gasteiger partial charge on any atom is -0.393 e. The molecule has 4 atom stereocenters. The molecule has 0 saturated heterocycles. The Balaban J connectivity index is 2.12. The average molecular weight is 222 g/mol. The first kappa shape index (κ1) is 11.1. The van der Waals surface area contributed by atoms with Crippen LogP contribution in [0.5, 0.6) is 0 Å². The molecule has 1 nitrogen and oxygen atoms in total. The number of fused-ring (bicyclic) bond motifs is 1. The standard InChI is InChI=1S/C15H26O/c1-12(2)6-5-7-14(4)9-13(3)10-15(12,14)8-11(13)16/h11,16H,5-10H2,1-4H3/t11-,13+,14+,15+/m1/s1. The third kappa shape index (κ3) is 0.978. The fourth-order valence-corrected chi connectivity index (χ4v) is 5.98. The molecular weight excluding hydrogens is 196 g/mol. The molecular formula is C15H26O. The maximum absolute atomic E-state index is 10.4. The summed E-state index contributed by atoms with van der Waals surface area (Å²) in [6, 6.07) is 0. The normalized spacial score (nSPS) is 58.7. The lowest BCUT2D eigenvalue weighted by atomic mass is 9.46. The van der Waals surface area contributed by atoms with Gasteiger partial charge in [0, 0.05) is 0 Å². The van der Waals surface area contributed by atoms with Gasteiger partial charge in [0.15, 0.2) is 0 Å². The Morgan fingerprint density at radius 2 is 1.69 bits per heavy atom. The zero-order chi connectivity index (χ0) is 11.8. The fraction of sp³-hybridized carbons (Fsp3) is 1.00. The molecule has 92 valence electrons. The highest BCUT2D eigenvalue weighted by Gasteiger charge is 2.72. The van der Waals surface area contributed by atoms with Crippen molar-refractivity contribution >= 4 is 0 Å². The first-order chi connectivity index (χ1) is 7.25. The molecule has 0 aromatic heterocycles. The van der Waals surface area contributed by atoms with Crippen LogP contribution in [0.4, 0.5) is 0 Å². The van der Waals surface area contributed by atoms with E-state index in [1.54, 1.807) is 0 Å². The molecule has 1 heteroatoms. The Bertz CT molecular complexity index is 334. The van der Waals surface area contributed by atoms with E-state index < -0.39 is 0 Å². The molecule has 1 N–H and O–H groups in total. The maximum atomic E-state index is 10.4. The molecule has 0 radical (unpaired) electrons. The molecule has 0 aromatic rings. The van der Waals surface area contributed by atoms with E-state index in [9.17, 15) is 5.11 Å².